The second-order valence-electron chi connectivity index (χ2n) is 4.42. The Bertz CT molecular complexity index is 497. The van der Waals surface area contributed by atoms with Gasteiger partial charge in [-0.05, 0) is 52.7 Å². The van der Waals surface area contributed by atoms with Crippen molar-refractivity contribution in [2.45, 2.75) is 25.9 Å². The Labute approximate surface area is 115 Å². The van der Waals surface area contributed by atoms with Crippen molar-refractivity contribution in [1.29, 1.82) is 0 Å². The summed E-state index contributed by atoms with van der Waals surface area (Å²) < 4.78 is 6.26. The molecule has 1 atom stereocenters. The number of halogens is 1. The smallest absolute Gasteiger partial charge is 0.105 e. The fourth-order valence-electron chi connectivity index (χ4n) is 1.80. The summed E-state index contributed by atoms with van der Waals surface area (Å²) in [5.74, 6) is 1.00. The van der Waals surface area contributed by atoms with Crippen LogP contribution in [-0.4, -0.2) is 6.04 Å². The zero-order valence-electron chi connectivity index (χ0n) is 10.3. The largest absolute Gasteiger partial charge is 0.469 e. The highest BCUT2D eigenvalue weighted by atomic mass is 79.9. The Balaban J connectivity index is 1.85. The molecule has 3 nitrogen and oxygen atoms in total. The van der Waals surface area contributed by atoms with Crippen LogP contribution in [0.4, 0.5) is 5.69 Å². The number of anilines is 1. The quantitative estimate of drug-likeness (QED) is 0.833. The lowest BCUT2D eigenvalue weighted by molar-refractivity contribution is 0.456. The number of hydrogen-bond donors (Lipinski definition) is 2. The monoisotopic (exact) mass is 308 g/mol. The third kappa shape index (κ3) is 3.62. The Morgan fingerprint density at radius 2 is 2.22 bits per heavy atom. The van der Waals surface area contributed by atoms with E-state index in [2.05, 4.69) is 34.2 Å². The molecule has 18 heavy (non-hydrogen) atoms. The van der Waals surface area contributed by atoms with Gasteiger partial charge in [-0.2, -0.15) is 0 Å². The molecule has 0 bridgehead atoms. The number of nitrogen functional groups attached to an aromatic ring is 1. The number of furan rings is 1. The van der Waals surface area contributed by atoms with Gasteiger partial charge < -0.3 is 15.5 Å². The minimum atomic E-state index is 0.362. The Morgan fingerprint density at radius 1 is 1.39 bits per heavy atom. The SMILES string of the molecule is CC(Cc1ccco1)NCc1ccc(Br)c(N)c1. The maximum atomic E-state index is 5.85. The summed E-state index contributed by atoms with van der Waals surface area (Å²) in [6.07, 6.45) is 2.59. The Morgan fingerprint density at radius 3 is 2.89 bits per heavy atom. The van der Waals surface area contributed by atoms with E-state index in [4.69, 9.17) is 10.2 Å². The first-order valence-corrected chi connectivity index (χ1v) is 6.74. The highest BCUT2D eigenvalue weighted by Crippen LogP contribution is 2.20. The van der Waals surface area contributed by atoms with E-state index in [-0.39, 0.29) is 0 Å². The van der Waals surface area contributed by atoms with Crippen LogP contribution in [0.1, 0.15) is 18.2 Å². The van der Waals surface area contributed by atoms with Crippen LogP contribution in [0.25, 0.3) is 0 Å². The van der Waals surface area contributed by atoms with Crippen molar-refractivity contribution in [3.8, 4) is 0 Å². The van der Waals surface area contributed by atoms with Gasteiger partial charge in [0.25, 0.3) is 0 Å². The normalized spacial score (nSPS) is 12.6. The van der Waals surface area contributed by atoms with Crippen LogP contribution in [0.15, 0.2) is 45.5 Å². The maximum Gasteiger partial charge on any atom is 0.105 e. The average Bonchev–Trinajstić information content (AvgIpc) is 2.83. The molecule has 0 aliphatic carbocycles. The van der Waals surface area contributed by atoms with Crippen molar-refractivity contribution in [1.82, 2.24) is 5.32 Å². The molecule has 96 valence electrons. The molecule has 0 amide bonds. The maximum absolute atomic E-state index is 5.85. The summed E-state index contributed by atoms with van der Waals surface area (Å²) in [5, 5.41) is 3.45. The molecule has 1 aromatic carbocycles. The van der Waals surface area contributed by atoms with Gasteiger partial charge in [0, 0.05) is 29.2 Å². The highest BCUT2D eigenvalue weighted by Gasteiger charge is 2.05. The molecule has 1 unspecified atom stereocenters. The van der Waals surface area contributed by atoms with Gasteiger partial charge in [0.2, 0.25) is 0 Å². The molecule has 0 radical (unpaired) electrons. The number of rotatable bonds is 5. The van der Waals surface area contributed by atoms with E-state index in [9.17, 15) is 0 Å². The van der Waals surface area contributed by atoms with Crippen LogP contribution in [0.3, 0.4) is 0 Å². The molecule has 1 heterocycles. The van der Waals surface area contributed by atoms with Crippen molar-refractivity contribution < 1.29 is 4.42 Å². The van der Waals surface area contributed by atoms with Crippen molar-refractivity contribution in [3.63, 3.8) is 0 Å². The zero-order valence-corrected chi connectivity index (χ0v) is 11.9. The molecule has 2 rings (SSSR count). The third-order valence-electron chi connectivity index (χ3n) is 2.80. The third-order valence-corrected chi connectivity index (χ3v) is 3.52. The van der Waals surface area contributed by atoms with Crippen molar-refractivity contribution in [2.75, 3.05) is 5.73 Å². The molecule has 0 fully saturated rings. The van der Waals surface area contributed by atoms with E-state index in [0.29, 0.717) is 6.04 Å². The summed E-state index contributed by atoms with van der Waals surface area (Å²) >= 11 is 3.39. The first-order chi connectivity index (χ1) is 8.65. The molecule has 0 aliphatic rings. The summed E-state index contributed by atoms with van der Waals surface area (Å²) in [5.41, 5.74) is 7.80. The zero-order chi connectivity index (χ0) is 13.0. The fraction of sp³-hybridized carbons (Fsp3) is 0.286. The molecule has 4 heteroatoms. The minimum absolute atomic E-state index is 0.362. The number of benzene rings is 1. The van der Waals surface area contributed by atoms with Gasteiger partial charge in [-0.3, -0.25) is 0 Å². The van der Waals surface area contributed by atoms with Gasteiger partial charge in [-0.1, -0.05) is 6.07 Å². The number of hydrogen-bond acceptors (Lipinski definition) is 3. The second kappa shape index (κ2) is 6.07. The van der Waals surface area contributed by atoms with E-state index in [1.807, 2.05) is 24.3 Å². The molecule has 2 aromatic rings. The van der Waals surface area contributed by atoms with Crippen LogP contribution >= 0.6 is 15.9 Å². The van der Waals surface area contributed by atoms with Gasteiger partial charge in [0.1, 0.15) is 5.76 Å². The fourth-order valence-corrected chi connectivity index (χ4v) is 2.04. The van der Waals surface area contributed by atoms with Gasteiger partial charge in [-0.25, -0.2) is 0 Å². The number of nitrogens with one attached hydrogen (secondary N) is 1. The van der Waals surface area contributed by atoms with Crippen molar-refractivity contribution in [3.05, 3.63) is 52.4 Å². The van der Waals surface area contributed by atoms with E-state index in [1.54, 1.807) is 6.26 Å². The molecule has 0 spiro atoms. The Hall–Kier alpha value is -1.26. The Kier molecular flexibility index (Phi) is 4.44. The predicted molar refractivity (Wildman–Crippen MR) is 77.3 cm³/mol. The predicted octanol–water partition coefficient (Wildman–Crippen LogP) is 3.35. The molecule has 3 N–H and O–H groups in total. The lowest BCUT2D eigenvalue weighted by Crippen LogP contribution is -2.27. The van der Waals surface area contributed by atoms with E-state index in [1.165, 1.54) is 5.56 Å². The van der Waals surface area contributed by atoms with Gasteiger partial charge in [-0.15, -0.1) is 0 Å². The lowest BCUT2D eigenvalue weighted by Gasteiger charge is -2.13. The summed E-state index contributed by atoms with van der Waals surface area (Å²) in [7, 11) is 0. The summed E-state index contributed by atoms with van der Waals surface area (Å²) in [6, 6.07) is 10.3. The first-order valence-electron chi connectivity index (χ1n) is 5.95. The first kappa shape index (κ1) is 13.2. The summed E-state index contributed by atoms with van der Waals surface area (Å²) in [4.78, 5) is 0. The minimum Gasteiger partial charge on any atom is -0.469 e. The van der Waals surface area contributed by atoms with E-state index >= 15 is 0 Å². The average molecular weight is 309 g/mol. The second-order valence-corrected chi connectivity index (χ2v) is 5.28. The van der Waals surface area contributed by atoms with Crippen molar-refractivity contribution in [2.24, 2.45) is 0 Å². The summed E-state index contributed by atoms with van der Waals surface area (Å²) in [6.45, 7) is 2.95. The molecular formula is C14H17BrN2O. The van der Waals surface area contributed by atoms with Crippen LogP contribution in [0, 0.1) is 0 Å². The van der Waals surface area contributed by atoms with Gasteiger partial charge in [0.05, 0.1) is 6.26 Å². The van der Waals surface area contributed by atoms with Gasteiger partial charge >= 0.3 is 0 Å². The molecule has 1 aromatic heterocycles. The molecule has 0 saturated heterocycles. The number of nitrogens with two attached hydrogens (primary N) is 1. The van der Waals surface area contributed by atoms with Crippen LogP contribution in [0.5, 0.6) is 0 Å². The van der Waals surface area contributed by atoms with E-state index in [0.717, 1.165) is 28.9 Å². The van der Waals surface area contributed by atoms with Crippen LogP contribution in [-0.2, 0) is 13.0 Å². The van der Waals surface area contributed by atoms with Gasteiger partial charge in [0.15, 0.2) is 0 Å². The van der Waals surface area contributed by atoms with Crippen LogP contribution in [0.2, 0.25) is 0 Å². The molecule has 0 saturated carbocycles. The molecule has 0 aliphatic heterocycles. The highest BCUT2D eigenvalue weighted by molar-refractivity contribution is 9.10. The topological polar surface area (TPSA) is 51.2 Å². The standard InChI is InChI=1S/C14H17BrN2O/c1-10(7-12-3-2-6-18-12)17-9-11-4-5-13(15)14(16)8-11/h2-6,8,10,17H,7,9,16H2,1H3. The van der Waals surface area contributed by atoms with Crippen LogP contribution < -0.4 is 11.1 Å². The van der Waals surface area contributed by atoms with E-state index < -0.39 is 0 Å². The lowest BCUT2D eigenvalue weighted by atomic mass is 10.1. The van der Waals surface area contributed by atoms with Crippen molar-refractivity contribution >= 4 is 21.6 Å². The molecular weight excluding hydrogens is 292 g/mol.